The summed E-state index contributed by atoms with van der Waals surface area (Å²) in [7, 11) is 1.61. The molecule has 0 radical (unpaired) electrons. The Kier molecular flexibility index (Phi) is 6.56. The van der Waals surface area contributed by atoms with Crippen molar-refractivity contribution in [2.45, 2.75) is 44.6 Å². The first-order chi connectivity index (χ1) is 12.3. The monoisotopic (exact) mass is 346 g/mol. The third kappa shape index (κ3) is 4.88. The van der Waals surface area contributed by atoms with Crippen LogP contribution in [0, 0.1) is 0 Å². The minimum atomic E-state index is 0.0697. The summed E-state index contributed by atoms with van der Waals surface area (Å²) in [5, 5.41) is 0. The normalized spacial score (nSPS) is 20.1. The van der Waals surface area contributed by atoms with Gasteiger partial charge in [-0.15, -0.1) is 0 Å². The van der Waals surface area contributed by atoms with Crippen molar-refractivity contribution in [3.05, 3.63) is 24.3 Å². The Bertz CT molecular complexity index is 548. The SMILES string of the molecule is COc1ccccc1OCC(=O)N1CCC(N2CCCCCC2)CC1. The zero-order valence-corrected chi connectivity index (χ0v) is 15.3. The van der Waals surface area contributed by atoms with Crippen LogP contribution in [0.4, 0.5) is 0 Å². The second-order valence-corrected chi connectivity index (χ2v) is 7.00. The van der Waals surface area contributed by atoms with Crippen LogP contribution in [-0.4, -0.2) is 61.6 Å². The summed E-state index contributed by atoms with van der Waals surface area (Å²) in [4.78, 5) is 17.1. The number of piperidine rings is 1. The molecular formula is C20H30N2O3. The number of hydrogen-bond acceptors (Lipinski definition) is 4. The third-order valence-corrected chi connectivity index (χ3v) is 5.39. The molecule has 2 aliphatic heterocycles. The fourth-order valence-electron chi connectivity index (χ4n) is 3.91. The highest BCUT2D eigenvalue weighted by Crippen LogP contribution is 2.26. The van der Waals surface area contributed by atoms with Gasteiger partial charge >= 0.3 is 0 Å². The lowest BCUT2D eigenvalue weighted by Gasteiger charge is -2.38. The van der Waals surface area contributed by atoms with Crippen molar-refractivity contribution in [2.24, 2.45) is 0 Å². The van der Waals surface area contributed by atoms with Crippen LogP contribution in [0.15, 0.2) is 24.3 Å². The molecule has 0 unspecified atom stereocenters. The first kappa shape index (κ1) is 18.1. The van der Waals surface area contributed by atoms with Crippen LogP contribution in [0.5, 0.6) is 11.5 Å². The van der Waals surface area contributed by atoms with Crippen LogP contribution in [0.1, 0.15) is 38.5 Å². The van der Waals surface area contributed by atoms with E-state index in [-0.39, 0.29) is 12.5 Å². The Balaban J connectivity index is 1.45. The van der Waals surface area contributed by atoms with Crippen molar-refractivity contribution in [3.8, 4) is 11.5 Å². The van der Waals surface area contributed by atoms with E-state index in [0.29, 0.717) is 17.5 Å². The maximum Gasteiger partial charge on any atom is 0.260 e. The summed E-state index contributed by atoms with van der Waals surface area (Å²) >= 11 is 0. The molecule has 2 aliphatic rings. The lowest BCUT2D eigenvalue weighted by Crippen LogP contribution is -2.48. The van der Waals surface area contributed by atoms with Gasteiger partial charge in [0.1, 0.15) is 0 Å². The molecule has 5 heteroatoms. The van der Waals surface area contributed by atoms with E-state index in [1.807, 2.05) is 29.2 Å². The molecule has 0 spiro atoms. The second kappa shape index (κ2) is 9.09. The van der Waals surface area contributed by atoms with E-state index in [1.165, 1.54) is 38.8 Å². The number of para-hydroxylation sites is 2. The summed E-state index contributed by atoms with van der Waals surface area (Å²) in [6.45, 7) is 4.23. The summed E-state index contributed by atoms with van der Waals surface area (Å²) < 4.78 is 10.9. The van der Waals surface area contributed by atoms with Gasteiger partial charge in [0.15, 0.2) is 18.1 Å². The Morgan fingerprint density at radius 2 is 1.64 bits per heavy atom. The molecule has 1 amide bonds. The Hall–Kier alpha value is -1.75. The number of carbonyl (C=O) groups is 1. The third-order valence-electron chi connectivity index (χ3n) is 5.39. The summed E-state index contributed by atoms with van der Waals surface area (Å²) in [5.74, 6) is 1.35. The standard InChI is InChI=1S/C20H30N2O3/c1-24-18-8-4-5-9-19(18)25-16-20(23)22-14-10-17(11-15-22)21-12-6-2-3-7-13-21/h4-5,8-9,17H,2-3,6-7,10-16H2,1H3. The molecule has 0 aromatic heterocycles. The molecule has 1 aromatic rings. The van der Waals surface area contributed by atoms with Gasteiger partial charge in [-0.2, -0.15) is 0 Å². The van der Waals surface area contributed by atoms with Gasteiger partial charge in [0, 0.05) is 19.1 Å². The quantitative estimate of drug-likeness (QED) is 0.822. The van der Waals surface area contributed by atoms with Gasteiger partial charge in [-0.25, -0.2) is 0 Å². The lowest BCUT2D eigenvalue weighted by molar-refractivity contribution is -0.135. The number of hydrogen-bond donors (Lipinski definition) is 0. The first-order valence-electron chi connectivity index (χ1n) is 9.55. The Morgan fingerprint density at radius 1 is 1.00 bits per heavy atom. The highest BCUT2D eigenvalue weighted by Gasteiger charge is 2.27. The largest absolute Gasteiger partial charge is 0.493 e. The highest BCUT2D eigenvalue weighted by molar-refractivity contribution is 5.78. The number of methoxy groups -OCH3 is 1. The molecule has 0 bridgehead atoms. The van der Waals surface area contributed by atoms with Gasteiger partial charge in [-0.1, -0.05) is 25.0 Å². The van der Waals surface area contributed by atoms with Gasteiger partial charge in [0.05, 0.1) is 7.11 Å². The molecular weight excluding hydrogens is 316 g/mol. The van der Waals surface area contributed by atoms with Crippen LogP contribution < -0.4 is 9.47 Å². The van der Waals surface area contributed by atoms with Crippen molar-refractivity contribution >= 4 is 5.91 Å². The molecule has 0 saturated carbocycles. The van der Waals surface area contributed by atoms with Crippen molar-refractivity contribution in [1.82, 2.24) is 9.80 Å². The maximum absolute atomic E-state index is 12.5. The van der Waals surface area contributed by atoms with Gasteiger partial charge in [-0.3, -0.25) is 4.79 Å². The number of ether oxygens (including phenoxy) is 2. The van der Waals surface area contributed by atoms with Crippen LogP contribution in [0.25, 0.3) is 0 Å². The molecule has 0 aliphatic carbocycles. The topological polar surface area (TPSA) is 42.0 Å². The highest BCUT2D eigenvalue weighted by atomic mass is 16.5. The number of benzene rings is 1. The van der Waals surface area contributed by atoms with Crippen molar-refractivity contribution in [2.75, 3.05) is 39.9 Å². The lowest BCUT2D eigenvalue weighted by atomic mass is 10.0. The van der Waals surface area contributed by atoms with E-state index in [1.54, 1.807) is 7.11 Å². The average molecular weight is 346 g/mol. The van der Waals surface area contributed by atoms with E-state index >= 15 is 0 Å². The predicted octanol–water partition coefficient (Wildman–Crippen LogP) is 2.94. The average Bonchev–Trinajstić information content (AvgIpc) is 2.96. The number of likely N-dealkylation sites (tertiary alicyclic amines) is 2. The van der Waals surface area contributed by atoms with Gasteiger partial charge in [0.25, 0.3) is 5.91 Å². The predicted molar refractivity (Wildman–Crippen MR) is 98.1 cm³/mol. The fourth-order valence-corrected chi connectivity index (χ4v) is 3.91. The molecule has 138 valence electrons. The molecule has 25 heavy (non-hydrogen) atoms. The number of amides is 1. The van der Waals surface area contributed by atoms with Gasteiger partial charge < -0.3 is 19.3 Å². The molecule has 0 N–H and O–H groups in total. The van der Waals surface area contributed by atoms with Crippen LogP contribution in [0.3, 0.4) is 0 Å². The Morgan fingerprint density at radius 3 is 2.28 bits per heavy atom. The summed E-state index contributed by atoms with van der Waals surface area (Å²) in [6.07, 6.45) is 7.56. The smallest absolute Gasteiger partial charge is 0.260 e. The summed E-state index contributed by atoms with van der Waals surface area (Å²) in [5.41, 5.74) is 0. The van der Waals surface area contributed by atoms with E-state index in [9.17, 15) is 4.79 Å². The molecule has 2 heterocycles. The van der Waals surface area contributed by atoms with Crippen LogP contribution in [-0.2, 0) is 4.79 Å². The zero-order chi connectivity index (χ0) is 17.5. The maximum atomic E-state index is 12.5. The number of nitrogens with zero attached hydrogens (tertiary/aromatic N) is 2. The van der Waals surface area contributed by atoms with E-state index in [0.717, 1.165) is 25.9 Å². The Labute approximate surface area is 150 Å². The minimum Gasteiger partial charge on any atom is -0.493 e. The van der Waals surface area contributed by atoms with E-state index in [4.69, 9.17) is 9.47 Å². The minimum absolute atomic E-state index is 0.0697. The molecule has 2 fully saturated rings. The number of carbonyl (C=O) groups excluding carboxylic acids is 1. The van der Waals surface area contributed by atoms with Gasteiger partial charge in [-0.05, 0) is 50.9 Å². The van der Waals surface area contributed by atoms with Crippen molar-refractivity contribution in [1.29, 1.82) is 0 Å². The first-order valence-corrected chi connectivity index (χ1v) is 9.55. The molecule has 3 rings (SSSR count). The van der Waals surface area contributed by atoms with E-state index in [2.05, 4.69) is 4.90 Å². The van der Waals surface area contributed by atoms with E-state index < -0.39 is 0 Å². The fraction of sp³-hybridized carbons (Fsp3) is 0.650. The van der Waals surface area contributed by atoms with Crippen molar-refractivity contribution in [3.63, 3.8) is 0 Å². The molecule has 1 aromatic carbocycles. The molecule has 0 atom stereocenters. The number of rotatable bonds is 5. The molecule has 2 saturated heterocycles. The van der Waals surface area contributed by atoms with Crippen LogP contribution >= 0.6 is 0 Å². The van der Waals surface area contributed by atoms with Crippen LogP contribution in [0.2, 0.25) is 0 Å². The van der Waals surface area contributed by atoms with Crippen molar-refractivity contribution < 1.29 is 14.3 Å². The second-order valence-electron chi connectivity index (χ2n) is 7.00. The molecule has 5 nitrogen and oxygen atoms in total. The zero-order valence-electron chi connectivity index (χ0n) is 15.3. The van der Waals surface area contributed by atoms with Gasteiger partial charge in [0.2, 0.25) is 0 Å². The summed E-state index contributed by atoms with van der Waals surface area (Å²) in [6, 6.07) is 8.10.